The minimum atomic E-state index is -4.23. The van der Waals surface area contributed by atoms with Crippen molar-refractivity contribution in [1.82, 2.24) is 4.31 Å². The van der Waals surface area contributed by atoms with Gasteiger partial charge in [0, 0.05) is 18.9 Å². The van der Waals surface area contributed by atoms with Crippen LogP contribution in [0.25, 0.3) is 5.57 Å². The number of ether oxygens (including phenoxy) is 1. The van der Waals surface area contributed by atoms with Gasteiger partial charge in [-0.05, 0) is 53.2 Å². The number of halogens is 3. The van der Waals surface area contributed by atoms with E-state index in [1.807, 2.05) is 24.3 Å². The van der Waals surface area contributed by atoms with E-state index in [1.165, 1.54) is 6.08 Å². The molecule has 1 atom stereocenters. The van der Waals surface area contributed by atoms with Crippen molar-refractivity contribution >= 4 is 21.5 Å². The molecule has 2 aromatic rings. The van der Waals surface area contributed by atoms with Crippen molar-refractivity contribution in [2.24, 2.45) is 0 Å². The van der Waals surface area contributed by atoms with Crippen LogP contribution in [0.4, 0.5) is 13.2 Å². The lowest BCUT2D eigenvalue weighted by atomic mass is 9.80. The van der Waals surface area contributed by atoms with Crippen LogP contribution in [0.2, 0.25) is 0 Å². The van der Waals surface area contributed by atoms with E-state index in [-0.39, 0.29) is 24.9 Å². The van der Waals surface area contributed by atoms with E-state index in [4.69, 9.17) is 4.74 Å². The molecule has 9 heteroatoms. The summed E-state index contributed by atoms with van der Waals surface area (Å²) in [7, 11) is -3.90. The number of alkyl halides is 3. The zero-order valence-electron chi connectivity index (χ0n) is 21.1. The molecule has 0 bridgehead atoms. The molecule has 1 amide bonds. The number of hydrogen-bond donors (Lipinski definition) is 0. The lowest BCUT2D eigenvalue weighted by Gasteiger charge is -2.43. The number of rotatable bonds is 7. The fraction of sp³-hybridized carbons (Fsp3) is 0.444. The SMILES string of the molecule is CC(C)(C)c1ccc(C2=CC(=O)N(S(C)(=O)=O)[C@](C)(c3ccc(OCCCC(F)(F)F)cc3)C2)cc1. The summed E-state index contributed by atoms with van der Waals surface area (Å²) in [6.07, 6.45) is -2.71. The lowest BCUT2D eigenvalue weighted by molar-refractivity contribution is -0.136. The Labute approximate surface area is 211 Å². The number of carbonyl (C=O) groups is 1. The van der Waals surface area contributed by atoms with Gasteiger partial charge in [0.1, 0.15) is 5.75 Å². The second-order valence-electron chi connectivity index (χ2n) is 10.4. The molecule has 5 nitrogen and oxygen atoms in total. The fourth-order valence-corrected chi connectivity index (χ4v) is 5.72. The Bertz CT molecular complexity index is 1230. The Morgan fingerprint density at radius 2 is 1.58 bits per heavy atom. The number of amides is 1. The van der Waals surface area contributed by atoms with Gasteiger partial charge in [0.15, 0.2) is 0 Å². The van der Waals surface area contributed by atoms with E-state index in [0.717, 1.165) is 27.3 Å². The van der Waals surface area contributed by atoms with Crippen LogP contribution < -0.4 is 4.74 Å². The molecule has 2 aromatic carbocycles. The minimum absolute atomic E-state index is 0.0343. The van der Waals surface area contributed by atoms with Gasteiger partial charge < -0.3 is 4.74 Å². The maximum atomic E-state index is 13.1. The van der Waals surface area contributed by atoms with Crippen molar-refractivity contribution in [3.8, 4) is 5.75 Å². The van der Waals surface area contributed by atoms with E-state index >= 15 is 0 Å². The molecule has 0 aromatic heterocycles. The molecule has 0 radical (unpaired) electrons. The molecule has 0 fully saturated rings. The second kappa shape index (κ2) is 9.92. The number of benzene rings is 2. The molecule has 0 aliphatic carbocycles. The van der Waals surface area contributed by atoms with E-state index < -0.39 is 34.1 Å². The molecule has 0 saturated heterocycles. The van der Waals surface area contributed by atoms with Crippen LogP contribution in [0.15, 0.2) is 54.6 Å². The summed E-state index contributed by atoms with van der Waals surface area (Å²) in [5.74, 6) is -0.264. The van der Waals surface area contributed by atoms with Crippen LogP contribution in [0, 0.1) is 0 Å². The first-order valence-electron chi connectivity index (χ1n) is 11.7. The minimum Gasteiger partial charge on any atom is -0.494 e. The first-order chi connectivity index (χ1) is 16.5. The average molecular weight is 524 g/mol. The van der Waals surface area contributed by atoms with E-state index in [2.05, 4.69) is 20.8 Å². The van der Waals surface area contributed by atoms with Crippen molar-refractivity contribution in [2.75, 3.05) is 12.9 Å². The predicted octanol–water partition coefficient (Wildman–Crippen LogP) is 6.20. The largest absolute Gasteiger partial charge is 0.494 e. The van der Waals surface area contributed by atoms with Crippen LogP contribution >= 0.6 is 0 Å². The van der Waals surface area contributed by atoms with Gasteiger partial charge in [-0.25, -0.2) is 12.7 Å². The predicted molar refractivity (Wildman–Crippen MR) is 134 cm³/mol. The highest BCUT2D eigenvalue weighted by molar-refractivity contribution is 7.89. The molecular weight excluding hydrogens is 491 g/mol. The van der Waals surface area contributed by atoms with Crippen molar-refractivity contribution in [1.29, 1.82) is 0 Å². The third kappa shape index (κ3) is 6.49. The molecule has 0 spiro atoms. The number of nitrogens with zero attached hydrogens (tertiary/aromatic N) is 1. The maximum absolute atomic E-state index is 13.1. The van der Waals surface area contributed by atoms with Gasteiger partial charge in [0.25, 0.3) is 5.91 Å². The summed E-state index contributed by atoms with van der Waals surface area (Å²) in [6.45, 7) is 7.92. The first kappa shape index (κ1) is 27.8. The van der Waals surface area contributed by atoms with Gasteiger partial charge in [-0.1, -0.05) is 57.2 Å². The summed E-state index contributed by atoms with van der Waals surface area (Å²) >= 11 is 0. The Morgan fingerprint density at radius 1 is 1.00 bits per heavy atom. The van der Waals surface area contributed by atoms with E-state index in [1.54, 1.807) is 31.2 Å². The molecule has 0 saturated carbocycles. The lowest BCUT2D eigenvalue weighted by Crippen LogP contribution is -2.52. The van der Waals surface area contributed by atoms with Crippen molar-refractivity contribution in [2.45, 2.75) is 64.1 Å². The van der Waals surface area contributed by atoms with Crippen molar-refractivity contribution in [3.63, 3.8) is 0 Å². The maximum Gasteiger partial charge on any atom is 0.389 e. The van der Waals surface area contributed by atoms with E-state index in [9.17, 15) is 26.4 Å². The quantitative estimate of drug-likeness (QED) is 0.406. The summed E-state index contributed by atoms with van der Waals surface area (Å²) in [6, 6.07) is 14.3. The molecular formula is C27H32F3NO4S. The summed E-state index contributed by atoms with van der Waals surface area (Å²) in [5.41, 5.74) is 2.02. The molecule has 3 rings (SSSR count). The Morgan fingerprint density at radius 3 is 2.08 bits per heavy atom. The third-order valence-electron chi connectivity index (χ3n) is 6.28. The number of carbonyl (C=O) groups excluding carboxylic acids is 1. The topological polar surface area (TPSA) is 63.7 Å². The zero-order chi connectivity index (χ0) is 26.9. The van der Waals surface area contributed by atoms with Crippen molar-refractivity contribution in [3.05, 3.63) is 71.3 Å². The first-order valence-corrected chi connectivity index (χ1v) is 13.5. The highest BCUT2D eigenvalue weighted by Gasteiger charge is 2.45. The van der Waals surface area contributed by atoms with Crippen LogP contribution in [0.3, 0.4) is 0 Å². The smallest absolute Gasteiger partial charge is 0.389 e. The third-order valence-corrected chi connectivity index (χ3v) is 7.53. The van der Waals surface area contributed by atoms with Gasteiger partial charge in [-0.2, -0.15) is 13.2 Å². The normalized spacial score (nSPS) is 19.3. The molecule has 1 heterocycles. The Hall–Kier alpha value is -2.81. The van der Waals surface area contributed by atoms with E-state index in [0.29, 0.717) is 11.3 Å². The second-order valence-corrected chi connectivity index (χ2v) is 12.2. The number of sulfonamides is 1. The van der Waals surface area contributed by atoms with Crippen LogP contribution in [0.5, 0.6) is 5.75 Å². The van der Waals surface area contributed by atoms with Gasteiger partial charge in [-0.3, -0.25) is 4.79 Å². The van der Waals surface area contributed by atoms with Gasteiger partial charge in [0.05, 0.1) is 18.4 Å². The van der Waals surface area contributed by atoms with Gasteiger partial charge in [0.2, 0.25) is 10.0 Å². The van der Waals surface area contributed by atoms with Gasteiger partial charge in [-0.15, -0.1) is 0 Å². The summed E-state index contributed by atoms with van der Waals surface area (Å²) in [5, 5.41) is 0. The summed E-state index contributed by atoms with van der Waals surface area (Å²) < 4.78 is 68.6. The molecule has 196 valence electrons. The Kier molecular flexibility index (Phi) is 7.65. The molecule has 1 aliphatic heterocycles. The fourth-order valence-electron chi connectivity index (χ4n) is 4.44. The number of hydrogen-bond acceptors (Lipinski definition) is 4. The molecule has 36 heavy (non-hydrogen) atoms. The zero-order valence-corrected chi connectivity index (χ0v) is 22.0. The molecule has 1 aliphatic rings. The van der Waals surface area contributed by atoms with Crippen LogP contribution in [-0.4, -0.2) is 37.7 Å². The monoisotopic (exact) mass is 523 g/mol. The standard InChI is InChI=1S/C27H32F3NO4S/c1-25(2,3)21-9-7-19(8-10-21)20-17-24(32)31(36(5,33)34)26(4,18-20)22-11-13-23(14-12-22)35-16-6-15-27(28,29)30/h7-14,17H,6,15-16,18H2,1-5H3/t26-/m0/s1. The molecule has 0 N–H and O–H groups in total. The highest BCUT2D eigenvalue weighted by atomic mass is 32.2. The average Bonchev–Trinajstić information content (AvgIpc) is 2.74. The van der Waals surface area contributed by atoms with Crippen LogP contribution in [-0.2, 0) is 25.8 Å². The van der Waals surface area contributed by atoms with Gasteiger partial charge >= 0.3 is 6.18 Å². The van der Waals surface area contributed by atoms with Crippen molar-refractivity contribution < 1.29 is 31.1 Å². The highest BCUT2D eigenvalue weighted by Crippen LogP contribution is 2.43. The Balaban J connectivity index is 1.90. The molecule has 0 unspecified atom stereocenters. The summed E-state index contributed by atoms with van der Waals surface area (Å²) in [4.78, 5) is 13.1. The van der Waals surface area contributed by atoms with Crippen LogP contribution in [0.1, 0.15) is 63.6 Å².